The normalized spacial score (nSPS) is 11.6. The van der Waals surface area contributed by atoms with Gasteiger partial charge in [-0.2, -0.15) is 0 Å². The van der Waals surface area contributed by atoms with Gasteiger partial charge in [0.25, 0.3) is 5.91 Å². The third kappa shape index (κ3) is 4.37. The lowest BCUT2D eigenvalue weighted by molar-refractivity contribution is 0.102. The summed E-state index contributed by atoms with van der Waals surface area (Å²) in [5.74, 6) is -0.296. The van der Waals surface area contributed by atoms with E-state index in [0.717, 1.165) is 5.69 Å². The molecule has 0 saturated carbocycles. The number of carbonyl (C=O) groups excluding carboxylic acids is 1. The molecule has 0 radical (unpaired) electrons. The first kappa shape index (κ1) is 17.0. The maximum atomic E-state index is 12.3. The van der Waals surface area contributed by atoms with Gasteiger partial charge in [0.2, 0.25) is 0 Å². The minimum Gasteiger partial charge on any atom is -0.377 e. The van der Waals surface area contributed by atoms with Crippen molar-refractivity contribution in [3.63, 3.8) is 0 Å². The van der Waals surface area contributed by atoms with Crippen molar-refractivity contribution in [2.24, 2.45) is 0 Å². The highest BCUT2D eigenvalue weighted by Crippen LogP contribution is 2.22. The van der Waals surface area contributed by atoms with Crippen LogP contribution in [0.25, 0.3) is 0 Å². The SMILES string of the molecule is CC(Nc1ccc(C(=O)Nc2ccccc2Cl)nc1)c1ccccc1. The second kappa shape index (κ2) is 7.81. The minimum atomic E-state index is -0.296. The number of halogens is 1. The van der Waals surface area contributed by atoms with Crippen LogP contribution in [0.15, 0.2) is 72.9 Å². The number of pyridine rings is 1. The summed E-state index contributed by atoms with van der Waals surface area (Å²) >= 11 is 6.05. The Morgan fingerprint density at radius 1 is 1.00 bits per heavy atom. The van der Waals surface area contributed by atoms with Crippen molar-refractivity contribution in [1.29, 1.82) is 0 Å². The second-order valence-corrected chi connectivity index (χ2v) is 6.05. The zero-order valence-corrected chi connectivity index (χ0v) is 14.5. The van der Waals surface area contributed by atoms with E-state index in [2.05, 4.69) is 34.7 Å². The average Bonchev–Trinajstić information content (AvgIpc) is 2.65. The number of amides is 1. The van der Waals surface area contributed by atoms with Crippen molar-refractivity contribution in [3.8, 4) is 0 Å². The maximum Gasteiger partial charge on any atom is 0.274 e. The molecule has 25 heavy (non-hydrogen) atoms. The smallest absolute Gasteiger partial charge is 0.274 e. The monoisotopic (exact) mass is 351 g/mol. The number of benzene rings is 2. The molecule has 0 bridgehead atoms. The van der Waals surface area contributed by atoms with Crippen molar-refractivity contribution in [2.45, 2.75) is 13.0 Å². The van der Waals surface area contributed by atoms with Crippen molar-refractivity contribution >= 4 is 28.9 Å². The lowest BCUT2D eigenvalue weighted by Crippen LogP contribution is -2.14. The van der Waals surface area contributed by atoms with Gasteiger partial charge in [-0.05, 0) is 36.8 Å². The molecule has 126 valence electrons. The topological polar surface area (TPSA) is 54.0 Å². The van der Waals surface area contributed by atoms with Crippen LogP contribution < -0.4 is 10.6 Å². The molecule has 0 fully saturated rings. The number of hydrogen-bond acceptors (Lipinski definition) is 3. The van der Waals surface area contributed by atoms with Crippen LogP contribution in [-0.2, 0) is 0 Å². The Bertz CT molecular complexity index is 850. The Kier molecular flexibility index (Phi) is 5.31. The molecule has 0 spiro atoms. The van der Waals surface area contributed by atoms with Gasteiger partial charge >= 0.3 is 0 Å². The molecular formula is C20H18ClN3O. The van der Waals surface area contributed by atoms with E-state index in [0.29, 0.717) is 16.4 Å². The number of rotatable bonds is 5. The van der Waals surface area contributed by atoms with Gasteiger partial charge < -0.3 is 10.6 Å². The molecule has 2 aromatic carbocycles. The molecule has 5 heteroatoms. The zero-order valence-electron chi connectivity index (χ0n) is 13.7. The largest absolute Gasteiger partial charge is 0.377 e. The van der Waals surface area contributed by atoms with Crippen LogP contribution in [0, 0.1) is 0 Å². The van der Waals surface area contributed by atoms with Crippen LogP contribution >= 0.6 is 11.6 Å². The van der Waals surface area contributed by atoms with E-state index in [4.69, 9.17) is 11.6 Å². The minimum absolute atomic E-state index is 0.144. The summed E-state index contributed by atoms with van der Waals surface area (Å²) in [4.78, 5) is 16.5. The maximum absolute atomic E-state index is 12.3. The first-order valence-electron chi connectivity index (χ1n) is 7.97. The van der Waals surface area contributed by atoms with Crippen LogP contribution in [0.4, 0.5) is 11.4 Å². The van der Waals surface area contributed by atoms with E-state index in [1.165, 1.54) is 5.56 Å². The van der Waals surface area contributed by atoms with Gasteiger partial charge in [0.1, 0.15) is 5.69 Å². The van der Waals surface area contributed by atoms with E-state index in [9.17, 15) is 4.79 Å². The highest BCUT2D eigenvalue weighted by Gasteiger charge is 2.10. The molecule has 1 unspecified atom stereocenters. The molecule has 0 aliphatic carbocycles. The number of anilines is 2. The molecular weight excluding hydrogens is 334 g/mol. The number of hydrogen-bond donors (Lipinski definition) is 2. The molecule has 0 aliphatic rings. The van der Waals surface area contributed by atoms with Gasteiger partial charge in [-0.3, -0.25) is 4.79 Å². The lowest BCUT2D eigenvalue weighted by atomic mass is 10.1. The van der Waals surface area contributed by atoms with Gasteiger partial charge in [-0.25, -0.2) is 4.98 Å². The average molecular weight is 352 g/mol. The van der Waals surface area contributed by atoms with E-state index in [1.807, 2.05) is 36.4 Å². The van der Waals surface area contributed by atoms with E-state index < -0.39 is 0 Å². The van der Waals surface area contributed by atoms with E-state index in [1.54, 1.807) is 24.4 Å². The van der Waals surface area contributed by atoms with Crippen LogP contribution in [-0.4, -0.2) is 10.9 Å². The molecule has 4 nitrogen and oxygen atoms in total. The Morgan fingerprint density at radius 3 is 2.40 bits per heavy atom. The number of nitrogens with one attached hydrogen (secondary N) is 2. The molecule has 3 rings (SSSR count). The second-order valence-electron chi connectivity index (χ2n) is 5.64. The summed E-state index contributed by atoms with van der Waals surface area (Å²) in [5, 5.41) is 6.62. The third-order valence-corrected chi connectivity index (χ3v) is 4.13. The summed E-state index contributed by atoms with van der Waals surface area (Å²) in [6.45, 7) is 2.08. The summed E-state index contributed by atoms with van der Waals surface area (Å²) in [6.07, 6.45) is 1.65. The lowest BCUT2D eigenvalue weighted by Gasteiger charge is -2.15. The predicted octanol–water partition coefficient (Wildman–Crippen LogP) is 5.16. The molecule has 1 amide bonds. The molecule has 1 atom stereocenters. The van der Waals surface area contributed by atoms with E-state index >= 15 is 0 Å². The first-order chi connectivity index (χ1) is 12.1. The fourth-order valence-corrected chi connectivity index (χ4v) is 2.62. The predicted molar refractivity (Wildman–Crippen MR) is 102 cm³/mol. The highest BCUT2D eigenvalue weighted by molar-refractivity contribution is 6.33. The van der Waals surface area contributed by atoms with Crippen LogP contribution in [0.3, 0.4) is 0 Å². The number of para-hydroxylation sites is 1. The first-order valence-corrected chi connectivity index (χ1v) is 8.34. The summed E-state index contributed by atoms with van der Waals surface area (Å²) in [7, 11) is 0. The molecule has 2 N–H and O–H groups in total. The number of aromatic nitrogens is 1. The Morgan fingerprint density at radius 2 is 1.72 bits per heavy atom. The molecule has 0 saturated heterocycles. The Balaban J connectivity index is 1.66. The number of carbonyl (C=O) groups is 1. The quantitative estimate of drug-likeness (QED) is 0.667. The fourth-order valence-electron chi connectivity index (χ4n) is 2.44. The van der Waals surface area contributed by atoms with Gasteiger partial charge in [0, 0.05) is 6.04 Å². The summed E-state index contributed by atoms with van der Waals surface area (Å²) in [6, 6.07) is 20.9. The van der Waals surface area contributed by atoms with Gasteiger partial charge in [-0.1, -0.05) is 54.1 Å². The van der Waals surface area contributed by atoms with Crippen LogP contribution in [0.1, 0.15) is 29.0 Å². The molecule has 1 heterocycles. The summed E-state index contributed by atoms with van der Waals surface area (Å²) in [5.41, 5.74) is 2.93. The van der Waals surface area contributed by atoms with Gasteiger partial charge in [-0.15, -0.1) is 0 Å². The molecule has 1 aromatic heterocycles. The van der Waals surface area contributed by atoms with Crippen molar-refractivity contribution in [3.05, 3.63) is 89.2 Å². The zero-order chi connectivity index (χ0) is 17.6. The van der Waals surface area contributed by atoms with Crippen LogP contribution in [0.5, 0.6) is 0 Å². The number of nitrogens with zero attached hydrogens (tertiary/aromatic N) is 1. The fraction of sp³-hybridized carbons (Fsp3) is 0.100. The van der Waals surface area contributed by atoms with Crippen molar-refractivity contribution in [2.75, 3.05) is 10.6 Å². The van der Waals surface area contributed by atoms with Gasteiger partial charge in [0.05, 0.1) is 22.6 Å². The summed E-state index contributed by atoms with van der Waals surface area (Å²) < 4.78 is 0. The van der Waals surface area contributed by atoms with Crippen LogP contribution in [0.2, 0.25) is 5.02 Å². The molecule has 3 aromatic rings. The Labute approximate surface area is 151 Å². The standard InChI is InChI=1S/C20H18ClN3O/c1-14(15-7-3-2-4-8-15)23-16-11-12-19(22-13-16)20(25)24-18-10-6-5-9-17(18)21/h2-14,23H,1H3,(H,24,25). The van der Waals surface area contributed by atoms with Crippen molar-refractivity contribution in [1.82, 2.24) is 4.98 Å². The third-order valence-electron chi connectivity index (χ3n) is 3.80. The van der Waals surface area contributed by atoms with Gasteiger partial charge in [0.15, 0.2) is 0 Å². The molecule has 0 aliphatic heterocycles. The highest BCUT2D eigenvalue weighted by atomic mass is 35.5. The Hall–Kier alpha value is -2.85. The van der Waals surface area contributed by atoms with E-state index in [-0.39, 0.29) is 11.9 Å². The van der Waals surface area contributed by atoms with Crippen molar-refractivity contribution < 1.29 is 4.79 Å².